The predicted molar refractivity (Wildman–Crippen MR) is 46.5 cm³/mol. The van der Waals surface area contributed by atoms with Crippen molar-refractivity contribution in [2.24, 2.45) is 5.92 Å². The van der Waals surface area contributed by atoms with Crippen molar-refractivity contribution < 1.29 is 9.59 Å². The van der Waals surface area contributed by atoms with Crippen LogP contribution in [0.2, 0.25) is 0 Å². The van der Waals surface area contributed by atoms with E-state index in [0.717, 1.165) is 6.42 Å². The normalized spacial score (nSPS) is 11.5. The van der Waals surface area contributed by atoms with E-state index in [2.05, 4.69) is 0 Å². The third-order valence-electron chi connectivity index (χ3n) is 1.60. The number of hydrogen-bond acceptors (Lipinski definition) is 2. The van der Waals surface area contributed by atoms with E-state index < -0.39 is 0 Å². The largest absolute Gasteiger partial charge is 0.300 e. The van der Waals surface area contributed by atoms with E-state index in [-0.39, 0.29) is 24.9 Å². The lowest BCUT2D eigenvalue weighted by molar-refractivity contribution is -0.125. The monoisotopic (exact) mass is 158 g/mol. The molecule has 0 amide bonds. The van der Waals surface area contributed by atoms with Crippen LogP contribution >= 0.6 is 0 Å². The second-order valence-electron chi connectivity index (χ2n) is 2.62. The first-order valence-electron chi connectivity index (χ1n) is 3.57. The fourth-order valence-electron chi connectivity index (χ4n) is 0.923. The molecule has 1 unspecified atom stereocenters. The summed E-state index contributed by atoms with van der Waals surface area (Å²) < 4.78 is 0. The van der Waals surface area contributed by atoms with Crippen molar-refractivity contribution in [1.82, 2.24) is 0 Å². The zero-order valence-corrected chi connectivity index (χ0v) is 6.81. The Morgan fingerprint density at radius 2 is 1.73 bits per heavy atom. The molecule has 0 saturated heterocycles. The van der Waals surface area contributed by atoms with Crippen LogP contribution in [-0.2, 0) is 9.59 Å². The number of rotatable bonds is 4. The highest BCUT2D eigenvalue weighted by Crippen LogP contribution is 2.09. The molecule has 0 heterocycles. The molecule has 0 N–H and O–H groups in total. The van der Waals surface area contributed by atoms with Gasteiger partial charge >= 0.3 is 0 Å². The van der Waals surface area contributed by atoms with E-state index in [1.165, 1.54) is 13.8 Å². The summed E-state index contributed by atoms with van der Waals surface area (Å²) in [6.45, 7) is 4.98. The number of ketones is 2. The lowest BCUT2D eigenvalue weighted by atomic mass is 9.96. The Bertz CT molecular complexity index is 138. The minimum atomic E-state index is -0.0440. The van der Waals surface area contributed by atoms with Crippen molar-refractivity contribution in [3.8, 4) is 0 Å². The molecule has 0 aliphatic rings. The maximum Gasteiger partial charge on any atom is 0.133 e. The molecule has 2 heteroatoms. The SMILES string of the molecule is C.CCC(CC(C)=O)C(C)=O. The standard InChI is InChI=1S/C8H14O2.CH4/c1-4-8(7(3)10)5-6(2)9;/h8H,4-5H2,1-3H3;1H4. The van der Waals surface area contributed by atoms with Crippen LogP contribution in [0.3, 0.4) is 0 Å². The van der Waals surface area contributed by atoms with Gasteiger partial charge in [0.1, 0.15) is 11.6 Å². The van der Waals surface area contributed by atoms with Gasteiger partial charge in [0.15, 0.2) is 0 Å². The van der Waals surface area contributed by atoms with Gasteiger partial charge in [0.25, 0.3) is 0 Å². The van der Waals surface area contributed by atoms with Crippen LogP contribution in [0.25, 0.3) is 0 Å². The zero-order chi connectivity index (χ0) is 8.15. The molecule has 0 fully saturated rings. The van der Waals surface area contributed by atoms with Gasteiger partial charge in [0, 0.05) is 12.3 Å². The van der Waals surface area contributed by atoms with E-state index in [1.54, 1.807) is 0 Å². The van der Waals surface area contributed by atoms with E-state index in [0.29, 0.717) is 6.42 Å². The first kappa shape index (κ1) is 13.0. The van der Waals surface area contributed by atoms with Crippen LogP contribution in [0.1, 0.15) is 41.0 Å². The first-order valence-corrected chi connectivity index (χ1v) is 3.57. The molecule has 11 heavy (non-hydrogen) atoms. The molecule has 0 aromatic rings. The van der Waals surface area contributed by atoms with Crippen molar-refractivity contribution in [2.75, 3.05) is 0 Å². The second kappa shape index (κ2) is 6.08. The molecule has 0 rings (SSSR count). The fraction of sp³-hybridized carbons (Fsp3) is 0.778. The molecule has 1 atom stereocenters. The maximum absolute atomic E-state index is 10.8. The lowest BCUT2D eigenvalue weighted by Crippen LogP contribution is -2.12. The van der Waals surface area contributed by atoms with Crippen LogP contribution in [0.5, 0.6) is 0 Å². The topological polar surface area (TPSA) is 34.1 Å². The van der Waals surface area contributed by atoms with Gasteiger partial charge in [-0.1, -0.05) is 14.4 Å². The molecular weight excluding hydrogens is 140 g/mol. The van der Waals surface area contributed by atoms with Gasteiger partial charge in [-0.05, 0) is 20.3 Å². The van der Waals surface area contributed by atoms with E-state index >= 15 is 0 Å². The number of Topliss-reactive ketones (excluding diaryl/α,β-unsaturated/α-hetero) is 2. The van der Waals surface area contributed by atoms with Crippen molar-refractivity contribution >= 4 is 11.6 Å². The Labute approximate surface area is 69.0 Å². The number of carbonyl (C=O) groups excluding carboxylic acids is 2. The van der Waals surface area contributed by atoms with Gasteiger partial charge in [-0.25, -0.2) is 0 Å². The Morgan fingerprint density at radius 1 is 1.27 bits per heavy atom. The number of hydrogen-bond donors (Lipinski definition) is 0. The molecule has 0 aliphatic heterocycles. The molecule has 0 saturated carbocycles. The molecule has 0 bridgehead atoms. The van der Waals surface area contributed by atoms with Gasteiger partial charge in [-0.2, -0.15) is 0 Å². The van der Waals surface area contributed by atoms with Crippen molar-refractivity contribution in [1.29, 1.82) is 0 Å². The first-order chi connectivity index (χ1) is 4.57. The van der Waals surface area contributed by atoms with Crippen LogP contribution in [0, 0.1) is 5.92 Å². The van der Waals surface area contributed by atoms with Crippen LogP contribution < -0.4 is 0 Å². The highest BCUT2D eigenvalue weighted by molar-refractivity contribution is 5.85. The average molecular weight is 158 g/mol. The molecule has 0 aromatic carbocycles. The van der Waals surface area contributed by atoms with Gasteiger partial charge in [0.2, 0.25) is 0 Å². The molecule has 66 valence electrons. The van der Waals surface area contributed by atoms with E-state index in [9.17, 15) is 9.59 Å². The van der Waals surface area contributed by atoms with Gasteiger partial charge in [-0.15, -0.1) is 0 Å². The van der Waals surface area contributed by atoms with Gasteiger partial charge in [0.05, 0.1) is 0 Å². The summed E-state index contributed by atoms with van der Waals surface area (Å²) >= 11 is 0. The highest BCUT2D eigenvalue weighted by atomic mass is 16.1. The summed E-state index contributed by atoms with van der Waals surface area (Å²) in [5.41, 5.74) is 0. The summed E-state index contributed by atoms with van der Waals surface area (Å²) in [4.78, 5) is 21.3. The average Bonchev–Trinajstić information content (AvgIpc) is 1.81. The minimum absolute atomic E-state index is 0. The molecule has 2 nitrogen and oxygen atoms in total. The Hall–Kier alpha value is -0.660. The third-order valence-corrected chi connectivity index (χ3v) is 1.60. The van der Waals surface area contributed by atoms with E-state index in [1.807, 2.05) is 6.92 Å². The molecule has 0 aromatic heterocycles. The minimum Gasteiger partial charge on any atom is -0.300 e. The Kier molecular flexibility index (Phi) is 7.16. The smallest absolute Gasteiger partial charge is 0.133 e. The van der Waals surface area contributed by atoms with Crippen LogP contribution in [-0.4, -0.2) is 11.6 Å². The molecule has 0 spiro atoms. The summed E-state index contributed by atoms with van der Waals surface area (Å²) in [6, 6.07) is 0. The maximum atomic E-state index is 10.8. The Morgan fingerprint density at radius 3 is 1.82 bits per heavy atom. The fourth-order valence-corrected chi connectivity index (χ4v) is 0.923. The number of carbonyl (C=O) groups is 2. The van der Waals surface area contributed by atoms with Crippen molar-refractivity contribution in [3.05, 3.63) is 0 Å². The second-order valence-corrected chi connectivity index (χ2v) is 2.62. The van der Waals surface area contributed by atoms with Crippen LogP contribution in [0.4, 0.5) is 0 Å². The Balaban J connectivity index is 0. The lowest BCUT2D eigenvalue weighted by Gasteiger charge is -2.06. The summed E-state index contributed by atoms with van der Waals surface area (Å²) in [6.07, 6.45) is 1.18. The molecular formula is C9H18O2. The summed E-state index contributed by atoms with van der Waals surface area (Å²) in [5.74, 6) is 0.178. The summed E-state index contributed by atoms with van der Waals surface area (Å²) in [5, 5.41) is 0. The van der Waals surface area contributed by atoms with Crippen molar-refractivity contribution in [2.45, 2.75) is 41.0 Å². The zero-order valence-electron chi connectivity index (χ0n) is 6.81. The molecule has 0 aliphatic carbocycles. The van der Waals surface area contributed by atoms with Crippen LogP contribution in [0.15, 0.2) is 0 Å². The van der Waals surface area contributed by atoms with E-state index in [4.69, 9.17) is 0 Å². The van der Waals surface area contributed by atoms with Crippen molar-refractivity contribution in [3.63, 3.8) is 0 Å². The van der Waals surface area contributed by atoms with Gasteiger partial charge in [-0.3, -0.25) is 4.79 Å². The highest BCUT2D eigenvalue weighted by Gasteiger charge is 2.12. The predicted octanol–water partition coefficient (Wildman–Crippen LogP) is 2.22. The van der Waals surface area contributed by atoms with Gasteiger partial charge < -0.3 is 4.79 Å². The quantitative estimate of drug-likeness (QED) is 0.628. The molecule has 0 radical (unpaired) electrons. The summed E-state index contributed by atoms with van der Waals surface area (Å²) in [7, 11) is 0. The third kappa shape index (κ3) is 5.77.